The Morgan fingerprint density at radius 1 is 1.36 bits per heavy atom. The second-order valence-electron chi connectivity index (χ2n) is 2.76. The summed E-state index contributed by atoms with van der Waals surface area (Å²) in [6.07, 6.45) is 3.29. The highest BCUT2D eigenvalue weighted by molar-refractivity contribution is 5.62. The van der Waals surface area contributed by atoms with E-state index >= 15 is 0 Å². The number of rotatable bonds is 1. The third-order valence-electron chi connectivity index (χ3n) is 1.78. The molecule has 2 aromatic rings. The topological polar surface area (TPSA) is 62.7 Å². The van der Waals surface area contributed by atoms with E-state index < -0.39 is 0 Å². The Hall–Kier alpha value is -2.15. The van der Waals surface area contributed by atoms with Gasteiger partial charge in [0.2, 0.25) is 0 Å². The minimum atomic E-state index is 0.314. The van der Waals surface area contributed by atoms with Crippen LogP contribution in [0, 0.1) is 18.3 Å². The molecule has 0 spiro atoms. The van der Waals surface area contributed by atoms with Crippen LogP contribution < -0.4 is 0 Å². The maximum atomic E-state index is 8.80. The predicted molar refractivity (Wildman–Crippen MR) is 49.2 cm³/mol. The highest BCUT2D eigenvalue weighted by Crippen LogP contribution is 2.23. The van der Waals surface area contributed by atoms with E-state index in [1.54, 1.807) is 31.5 Å². The van der Waals surface area contributed by atoms with E-state index in [0.29, 0.717) is 17.3 Å². The lowest BCUT2D eigenvalue weighted by Gasteiger charge is -1.93. The summed E-state index contributed by atoms with van der Waals surface area (Å²) in [5.74, 6) is 1.00. The van der Waals surface area contributed by atoms with Gasteiger partial charge in [-0.05, 0) is 12.1 Å². The lowest BCUT2D eigenvalue weighted by Crippen LogP contribution is -1.80. The molecule has 0 aromatic carbocycles. The molecule has 0 fully saturated rings. The summed E-state index contributed by atoms with van der Waals surface area (Å²) in [6.45, 7) is 1.71. The van der Waals surface area contributed by atoms with Gasteiger partial charge in [-0.15, -0.1) is 0 Å². The van der Waals surface area contributed by atoms with Gasteiger partial charge in [-0.2, -0.15) is 5.26 Å². The molecule has 0 aliphatic carbocycles. The van der Waals surface area contributed by atoms with Gasteiger partial charge in [-0.3, -0.25) is 4.98 Å². The molecule has 0 atom stereocenters. The predicted octanol–water partition coefficient (Wildman–Crippen LogP) is 1.92. The van der Waals surface area contributed by atoms with Crippen molar-refractivity contribution in [2.24, 2.45) is 0 Å². The van der Waals surface area contributed by atoms with Crippen LogP contribution >= 0.6 is 0 Å². The van der Waals surface area contributed by atoms with Crippen LogP contribution in [-0.4, -0.2) is 9.97 Å². The quantitative estimate of drug-likeness (QED) is 0.680. The molecule has 0 aliphatic heterocycles. The van der Waals surface area contributed by atoms with Crippen LogP contribution in [0.1, 0.15) is 11.6 Å². The van der Waals surface area contributed by atoms with Gasteiger partial charge >= 0.3 is 0 Å². The zero-order valence-corrected chi connectivity index (χ0v) is 7.56. The van der Waals surface area contributed by atoms with Crippen LogP contribution in [0.5, 0.6) is 0 Å². The van der Waals surface area contributed by atoms with Gasteiger partial charge in [0.05, 0.1) is 0 Å². The van der Waals surface area contributed by atoms with E-state index in [0.717, 1.165) is 5.56 Å². The van der Waals surface area contributed by atoms with Crippen molar-refractivity contribution in [2.45, 2.75) is 6.92 Å². The fourth-order valence-electron chi connectivity index (χ4n) is 1.20. The molecule has 68 valence electrons. The summed E-state index contributed by atoms with van der Waals surface area (Å²) < 4.78 is 5.33. The summed E-state index contributed by atoms with van der Waals surface area (Å²) in [5, 5.41) is 8.80. The molecule has 0 bridgehead atoms. The van der Waals surface area contributed by atoms with Crippen molar-refractivity contribution in [3.8, 4) is 17.4 Å². The van der Waals surface area contributed by atoms with Crippen molar-refractivity contribution in [3.63, 3.8) is 0 Å². The fourth-order valence-corrected chi connectivity index (χ4v) is 1.20. The number of aryl methyl sites for hydroxylation is 1. The van der Waals surface area contributed by atoms with Gasteiger partial charge in [0.1, 0.15) is 6.07 Å². The molecule has 0 N–H and O–H groups in total. The van der Waals surface area contributed by atoms with Crippen LogP contribution in [-0.2, 0) is 0 Å². The van der Waals surface area contributed by atoms with Crippen molar-refractivity contribution >= 4 is 0 Å². The van der Waals surface area contributed by atoms with Crippen LogP contribution in [0.2, 0.25) is 0 Å². The monoisotopic (exact) mass is 185 g/mol. The molecule has 0 saturated heterocycles. The Bertz CT molecular complexity index is 482. The maximum Gasteiger partial charge on any atom is 0.193 e. The summed E-state index contributed by atoms with van der Waals surface area (Å²) in [6, 6.07) is 5.55. The first kappa shape index (κ1) is 8.45. The maximum absolute atomic E-state index is 8.80. The first-order chi connectivity index (χ1) is 6.81. The average molecular weight is 185 g/mol. The molecule has 0 saturated carbocycles. The van der Waals surface area contributed by atoms with Crippen LogP contribution in [0.15, 0.2) is 28.9 Å². The van der Waals surface area contributed by atoms with Crippen molar-refractivity contribution in [1.82, 2.24) is 9.97 Å². The van der Waals surface area contributed by atoms with E-state index in [1.807, 2.05) is 6.07 Å². The molecule has 2 rings (SSSR count). The largest absolute Gasteiger partial charge is 0.440 e. The number of oxazole rings is 1. The van der Waals surface area contributed by atoms with E-state index in [4.69, 9.17) is 9.68 Å². The zero-order valence-electron chi connectivity index (χ0n) is 7.56. The number of aromatic nitrogens is 2. The molecule has 0 radical (unpaired) electrons. The van der Waals surface area contributed by atoms with Gasteiger partial charge in [0, 0.05) is 24.9 Å². The molecular weight excluding hydrogens is 178 g/mol. The summed E-state index contributed by atoms with van der Waals surface area (Å²) >= 11 is 0. The molecule has 2 heterocycles. The first-order valence-corrected chi connectivity index (χ1v) is 4.09. The molecule has 14 heavy (non-hydrogen) atoms. The zero-order chi connectivity index (χ0) is 9.97. The third kappa shape index (κ3) is 1.36. The fraction of sp³-hybridized carbons (Fsp3) is 0.100. The Labute approximate surface area is 80.8 Å². The van der Waals surface area contributed by atoms with Crippen molar-refractivity contribution < 1.29 is 4.42 Å². The lowest BCUT2D eigenvalue weighted by molar-refractivity contribution is 0.534. The molecule has 2 aromatic heterocycles. The molecule has 0 aliphatic rings. The summed E-state index contributed by atoms with van der Waals surface area (Å²) in [7, 11) is 0. The van der Waals surface area contributed by atoms with Crippen molar-refractivity contribution in [2.75, 3.05) is 0 Å². The standard InChI is InChI=1S/C10H7N3O/c1-7-13-9(6-11)10(14-7)8-2-4-12-5-3-8/h2-5H,1H3. The number of pyridine rings is 1. The highest BCUT2D eigenvalue weighted by Gasteiger charge is 2.11. The summed E-state index contributed by atoms with van der Waals surface area (Å²) in [4.78, 5) is 7.85. The van der Waals surface area contributed by atoms with Crippen LogP contribution in [0.25, 0.3) is 11.3 Å². The number of nitriles is 1. The molecular formula is C10H7N3O. The van der Waals surface area contributed by atoms with E-state index in [1.165, 1.54) is 0 Å². The smallest absolute Gasteiger partial charge is 0.193 e. The van der Waals surface area contributed by atoms with Crippen LogP contribution in [0.3, 0.4) is 0 Å². The second kappa shape index (κ2) is 3.30. The van der Waals surface area contributed by atoms with Crippen molar-refractivity contribution in [3.05, 3.63) is 36.1 Å². The SMILES string of the molecule is Cc1nc(C#N)c(-c2ccncc2)o1. The Morgan fingerprint density at radius 2 is 2.07 bits per heavy atom. The van der Waals surface area contributed by atoms with E-state index in [9.17, 15) is 0 Å². The average Bonchev–Trinajstić information content (AvgIpc) is 2.61. The third-order valence-corrected chi connectivity index (χ3v) is 1.78. The highest BCUT2D eigenvalue weighted by atomic mass is 16.4. The number of hydrogen-bond acceptors (Lipinski definition) is 4. The normalized spacial score (nSPS) is 9.71. The van der Waals surface area contributed by atoms with Gasteiger partial charge in [0.15, 0.2) is 17.3 Å². The lowest BCUT2D eigenvalue weighted by atomic mass is 10.2. The first-order valence-electron chi connectivity index (χ1n) is 4.09. The number of nitrogens with zero attached hydrogens (tertiary/aromatic N) is 3. The van der Waals surface area contributed by atoms with Gasteiger partial charge in [0.25, 0.3) is 0 Å². The Kier molecular flexibility index (Phi) is 1.99. The minimum Gasteiger partial charge on any atom is -0.440 e. The van der Waals surface area contributed by atoms with Gasteiger partial charge < -0.3 is 4.42 Å². The van der Waals surface area contributed by atoms with E-state index in [2.05, 4.69) is 9.97 Å². The van der Waals surface area contributed by atoms with Crippen LogP contribution in [0.4, 0.5) is 0 Å². The van der Waals surface area contributed by atoms with Crippen molar-refractivity contribution in [1.29, 1.82) is 5.26 Å². The summed E-state index contributed by atoms with van der Waals surface area (Å²) in [5.41, 5.74) is 1.13. The molecule has 4 nitrogen and oxygen atoms in total. The number of hydrogen-bond donors (Lipinski definition) is 0. The second-order valence-corrected chi connectivity index (χ2v) is 2.76. The Balaban J connectivity index is 2.58. The van der Waals surface area contributed by atoms with E-state index in [-0.39, 0.29) is 0 Å². The van der Waals surface area contributed by atoms with Gasteiger partial charge in [-0.1, -0.05) is 0 Å². The minimum absolute atomic E-state index is 0.314. The molecule has 4 heteroatoms. The molecule has 0 amide bonds. The van der Waals surface area contributed by atoms with Gasteiger partial charge in [-0.25, -0.2) is 4.98 Å². The molecule has 0 unspecified atom stereocenters. The Morgan fingerprint density at radius 3 is 2.71 bits per heavy atom.